The van der Waals surface area contributed by atoms with Gasteiger partial charge in [-0.3, -0.25) is 0 Å². The highest BCUT2D eigenvalue weighted by Crippen LogP contribution is 2.27. The van der Waals surface area contributed by atoms with Crippen LogP contribution in [0.3, 0.4) is 0 Å². The van der Waals surface area contributed by atoms with E-state index in [1.165, 1.54) is 11.1 Å². The summed E-state index contributed by atoms with van der Waals surface area (Å²) in [6, 6.07) is 26.8. The van der Waals surface area contributed by atoms with Gasteiger partial charge in [-0.1, -0.05) is 73.7 Å². The summed E-state index contributed by atoms with van der Waals surface area (Å²) in [5.74, 6) is 0.683. The first-order valence-corrected chi connectivity index (χ1v) is 12.0. The van der Waals surface area contributed by atoms with E-state index >= 15 is 0 Å². The predicted molar refractivity (Wildman–Crippen MR) is 140 cm³/mol. The number of phenolic OH excluding ortho intramolecular Hbond substituents is 1. The number of methoxy groups -OCH3 is 1. The Balaban J connectivity index is 1.68. The van der Waals surface area contributed by atoms with Gasteiger partial charge in [0.1, 0.15) is 0 Å². The maximum absolute atomic E-state index is 9.89. The van der Waals surface area contributed by atoms with Gasteiger partial charge in [0.2, 0.25) is 0 Å². The number of thiocarbonyl (C=S) groups is 1. The van der Waals surface area contributed by atoms with E-state index < -0.39 is 0 Å². The molecule has 1 atom stereocenters. The summed E-state index contributed by atoms with van der Waals surface area (Å²) in [5, 5.41) is 14.2. The third kappa shape index (κ3) is 7.50. The van der Waals surface area contributed by atoms with Gasteiger partial charge in [0.15, 0.2) is 16.6 Å². The smallest absolute Gasteiger partial charge is 0.169 e. The molecule has 0 aliphatic rings. The highest BCUT2D eigenvalue weighted by atomic mass is 32.1. The van der Waals surface area contributed by atoms with Crippen molar-refractivity contribution < 1.29 is 9.84 Å². The van der Waals surface area contributed by atoms with Gasteiger partial charge in [-0.15, -0.1) is 0 Å². The fourth-order valence-corrected chi connectivity index (χ4v) is 4.31. The van der Waals surface area contributed by atoms with Gasteiger partial charge in [0, 0.05) is 19.1 Å². The molecule has 0 bridgehead atoms. The zero-order valence-electron chi connectivity index (χ0n) is 19.5. The molecule has 4 nitrogen and oxygen atoms in total. The number of aryl methyl sites for hydroxylation is 1. The van der Waals surface area contributed by atoms with Crippen molar-refractivity contribution in [3.8, 4) is 11.5 Å². The lowest BCUT2D eigenvalue weighted by Gasteiger charge is -2.34. The van der Waals surface area contributed by atoms with Gasteiger partial charge in [0.05, 0.1) is 7.11 Å². The molecular formula is C28H34N2O2S. The van der Waals surface area contributed by atoms with Crippen LogP contribution >= 0.6 is 12.2 Å². The van der Waals surface area contributed by atoms with E-state index in [2.05, 4.69) is 65.7 Å². The lowest BCUT2D eigenvalue weighted by molar-refractivity contribution is 0.277. The van der Waals surface area contributed by atoms with Crippen LogP contribution in [0.5, 0.6) is 11.5 Å². The summed E-state index contributed by atoms with van der Waals surface area (Å²) in [5.41, 5.74) is 3.69. The number of hydrogen-bond donors (Lipinski definition) is 2. The Hall–Kier alpha value is -3.05. The monoisotopic (exact) mass is 462 g/mol. The van der Waals surface area contributed by atoms with Crippen molar-refractivity contribution in [3.63, 3.8) is 0 Å². The van der Waals surface area contributed by atoms with Gasteiger partial charge in [-0.05, 0) is 66.7 Å². The van der Waals surface area contributed by atoms with Crippen molar-refractivity contribution in [1.82, 2.24) is 10.2 Å². The molecule has 3 aromatic rings. The Morgan fingerprint density at radius 3 is 2.24 bits per heavy atom. The van der Waals surface area contributed by atoms with Crippen LogP contribution in [0.2, 0.25) is 0 Å². The zero-order valence-corrected chi connectivity index (χ0v) is 20.4. The van der Waals surface area contributed by atoms with Crippen LogP contribution in [0.1, 0.15) is 36.5 Å². The molecule has 3 aromatic carbocycles. The van der Waals surface area contributed by atoms with E-state index in [0.29, 0.717) is 11.8 Å². The molecule has 0 aliphatic heterocycles. The second kappa shape index (κ2) is 12.9. The Bertz CT molecular complexity index is 995. The van der Waals surface area contributed by atoms with Gasteiger partial charge in [0.25, 0.3) is 0 Å². The Morgan fingerprint density at radius 1 is 0.939 bits per heavy atom. The number of hydrogen-bond acceptors (Lipinski definition) is 3. The van der Waals surface area contributed by atoms with Crippen molar-refractivity contribution in [2.24, 2.45) is 0 Å². The van der Waals surface area contributed by atoms with E-state index in [9.17, 15) is 5.11 Å². The average Bonchev–Trinajstić information content (AvgIpc) is 2.85. The Kier molecular flexibility index (Phi) is 9.58. The average molecular weight is 463 g/mol. The molecule has 0 heterocycles. The number of aromatic hydroxyl groups is 1. The number of ether oxygens (including phenoxy) is 1. The summed E-state index contributed by atoms with van der Waals surface area (Å²) in [4.78, 5) is 2.33. The fraction of sp³-hybridized carbons (Fsp3) is 0.321. The van der Waals surface area contributed by atoms with E-state index in [4.69, 9.17) is 17.0 Å². The molecule has 0 spiro atoms. The summed E-state index contributed by atoms with van der Waals surface area (Å²) in [6.45, 7) is 3.79. The lowest BCUT2D eigenvalue weighted by Crippen LogP contribution is -2.46. The van der Waals surface area contributed by atoms with Crippen LogP contribution in [0, 0.1) is 0 Å². The van der Waals surface area contributed by atoms with E-state index in [-0.39, 0.29) is 5.75 Å². The van der Waals surface area contributed by atoms with Gasteiger partial charge in [-0.25, -0.2) is 0 Å². The summed E-state index contributed by atoms with van der Waals surface area (Å²) in [6.07, 6.45) is 3.76. The standard InChI is InChI=1S/C28H34N2O2S/c1-3-25(16-14-23-15-17-26(31)27(20-23)32-2)30(21-24-12-8-5-9-13-24)28(33)29-19-18-22-10-6-4-7-11-22/h4-13,15,17,20,25,31H,3,14,16,18-19,21H2,1-2H3,(H,29,33). The molecule has 3 rings (SSSR count). The van der Waals surface area contributed by atoms with Crippen LogP contribution in [0.15, 0.2) is 78.9 Å². The van der Waals surface area contributed by atoms with Crippen molar-refractivity contribution in [1.29, 1.82) is 0 Å². The topological polar surface area (TPSA) is 44.7 Å². The van der Waals surface area contributed by atoms with Gasteiger partial charge < -0.3 is 20.1 Å². The number of nitrogens with one attached hydrogen (secondary N) is 1. The van der Waals surface area contributed by atoms with Crippen molar-refractivity contribution >= 4 is 17.3 Å². The molecule has 0 fully saturated rings. The van der Waals surface area contributed by atoms with Gasteiger partial charge >= 0.3 is 0 Å². The van der Waals surface area contributed by atoms with Crippen LogP contribution in [-0.2, 0) is 19.4 Å². The van der Waals surface area contributed by atoms with Crippen LogP contribution in [-0.4, -0.2) is 34.8 Å². The molecule has 0 radical (unpaired) electrons. The number of rotatable bonds is 11. The predicted octanol–water partition coefficient (Wildman–Crippen LogP) is 5.73. The fourth-order valence-electron chi connectivity index (χ4n) is 4.00. The summed E-state index contributed by atoms with van der Waals surface area (Å²) in [7, 11) is 1.58. The quantitative estimate of drug-likeness (QED) is 0.356. The molecule has 0 aromatic heterocycles. The second-order valence-electron chi connectivity index (χ2n) is 8.19. The van der Waals surface area contributed by atoms with Crippen molar-refractivity contribution in [3.05, 3.63) is 95.6 Å². The third-order valence-electron chi connectivity index (χ3n) is 5.91. The number of phenols is 1. The van der Waals surface area contributed by atoms with Crippen molar-refractivity contribution in [2.75, 3.05) is 13.7 Å². The van der Waals surface area contributed by atoms with Crippen molar-refractivity contribution in [2.45, 2.75) is 45.2 Å². The maximum Gasteiger partial charge on any atom is 0.169 e. The SMILES string of the molecule is CCC(CCc1ccc(O)c(OC)c1)N(Cc1ccccc1)C(=S)NCCc1ccccc1. The Labute approximate surface area is 203 Å². The van der Waals surface area contributed by atoms with E-state index in [1.54, 1.807) is 13.2 Å². The van der Waals surface area contributed by atoms with Crippen LogP contribution in [0.25, 0.3) is 0 Å². The Morgan fingerprint density at radius 2 is 1.61 bits per heavy atom. The van der Waals surface area contributed by atoms with E-state index in [0.717, 1.165) is 49.4 Å². The third-order valence-corrected chi connectivity index (χ3v) is 6.29. The largest absolute Gasteiger partial charge is 0.504 e. The molecule has 0 aliphatic carbocycles. The van der Waals surface area contributed by atoms with Crippen LogP contribution in [0.4, 0.5) is 0 Å². The van der Waals surface area contributed by atoms with Crippen LogP contribution < -0.4 is 10.1 Å². The van der Waals surface area contributed by atoms with E-state index in [1.807, 2.05) is 24.3 Å². The highest BCUT2D eigenvalue weighted by molar-refractivity contribution is 7.80. The minimum Gasteiger partial charge on any atom is -0.504 e. The molecule has 1 unspecified atom stereocenters. The lowest BCUT2D eigenvalue weighted by atomic mass is 10.0. The van der Waals surface area contributed by atoms with Gasteiger partial charge in [-0.2, -0.15) is 0 Å². The molecule has 0 amide bonds. The highest BCUT2D eigenvalue weighted by Gasteiger charge is 2.20. The molecule has 0 saturated carbocycles. The molecule has 33 heavy (non-hydrogen) atoms. The molecule has 2 N–H and O–H groups in total. The minimum absolute atomic E-state index is 0.169. The normalized spacial score (nSPS) is 11.6. The molecule has 174 valence electrons. The summed E-state index contributed by atoms with van der Waals surface area (Å²) >= 11 is 5.88. The first-order valence-electron chi connectivity index (χ1n) is 11.6. The number of benzene rings is 3. The zero-order chi connectivity index (χ0) is 23.5. The first kappa shape index (κ1) is 24.6. The summed E-state index contributed by atoms with van der Waals surface area (Å²) < 4.78 is 5.27. The first-order chi connectivity index (χ1) is 16.1. The molecule has 5 heteroatoms. The minimum atomic E-state index is 0.169. The molecule has 0 saturated heterocycles. The number of nitrogens with zero attached hydrogens (tertiary/aromatic N) is 1. The maximum atomic E-state index is 9.89. The molecular weight excluding hydrogens is 428 g/mol. The second-order valence-corrected chi connectivity index (χ2v) is 8.57.